The van der Waals surface area contributed by atoms with Gasteiger partial charge in [0.15, 0.2) is 5.78 Å². The smallest absolute Gasteiger partial charge is 0.256 e. The van der Waals surface area contributed by atoms with Crippen LogP contribution in [0.15, 0.2) is 12.3 Å². The first kappa shape index (κ1) is 10.9. The summed E-state index contributed by atoms with van der Waals surface area (Å²) in [6.07, 6.45) is 3.12. The van der Waals surface area contributed by atoms with Gasteiger partial charge in [0.25, 0.3) is 5.91 Å². The predicted octanol–water partition coefficient (Wildman–Crippen LogP) is 1.46. The van der Waals surface area contributed by atoms with Gasteiger partial charge in [0.1, 0.15) is 0 Å². The number of aromatic nitrogens is 1. The van der Waals surface area contributed by atoms with Crippen LogP contribution in [-0.2, 0) is 7.05 Å². The zero-order chi connectivity index (χ0) is 11.7. The number of hydrogen-bond donors (Lipinski definition) is 0. The summed E-state index contributed by atoms with van der Waals surface area (Å²) in [6.45, 7) is 3.30. The highest BCUT2D eigenvalue weighted by Crippen LogP contribution is 2.19. The molecule has 0 spiro atoms. The number of carbonyl (C=O) groups excluding carboxylic acids is 2. The Labute approximate surface area is 94.8 Å². The fraction of sp³-hybridized carbons (Fsp3) is 0.500. The summed E-state index contributed by atoms with van der Waals surface area (Å²) < 4.78 is 1.74. The third-order valence-corrected chi connectivity index (χ3v) is 2.96. The van der Waals surface area contributed by atoms with Crippen LogP contribution in [-0.4, -0.2) is 34.2 Å². The molecule has 0 atom stereocenters. The summed E-state index contributed by atoms with van der Waals surface area (Å²) in [6, 6.07) is 1.74. The van der Waals surface area contributed by atoms with E-state index in [1.807, 2.05) is 6.92 Å². The number of aryl methyl sites for hydroxylation is 1. The Morgan fingerprint density at radius 3 is 2.81 bits per heavy atom. The molecule has 0 radical (unpaired) electrons. The molecule has 1 aromatic rings. The number of rotatable bonds is 2. The van der Waals surface area contributed by atoms with Crippen LogP contribution in [0.1, 0.15) is 40.6 Å². The number of carbonyl (C=O) groups is 2. The molecule has 0 bridgehead atoms. The van der Waals surface area contributed by atoms with E-state index >= 15 is 0 Å². The fourth-order valence-electron chi connectivity index (χ4n) is 2.16. The first-order valence-corrected chi connectivity index (χ1v) is 5.63. The summed E-state index contributed by atoms with van der Waals surface area (Å²) in [5.41, 5.74) is 1.11. The van der Waals surface area contributed by atoms with Gasteiger partial charge in [-0.15, -0.1) is 0 Å². The van der Waals surface area contributed by atoms with Crippen molar-refractivity contribution in [2.75, 3.05) is 13.1 Å². The molecule has 0 saturated carbocycles. The van der Waals surface area contributed by atoms with Crippen molar-refractivity contribution in [3.8, 4) is 0 Å². The second-order valence-corrected chi connectivity index (χ2v) is 4.15. The molecule has 1 amide bonds. The number of hydrogen-bond acceptors (Lipinski definition) is 2. The molecule has 1 aliphatic heterocycles. The first-order valence-electron chi connectivity index (χ1n) is 5.63. The molecule has 16 heavy (non-hydrogen) atoms. The van der Waals surface area contributed by atoms with Crippen LogP contribution in [0.25, 0.3) is 0 Å². The lowest BCUT2D eigenvalue weighted by atomic mass is 10.1. The normalized spacial score (nSPS) is 16.2. The van der Waals surface area contributed by atoms with Gasteiger partial charge in [-0.25, -0.2) is 0 Å². The van der Waals surface area contributed by atoms with Crippen molar-refractivity contribution >= 4 is 11.7 Å². The maximum atomic E-state index is 12.1. The molecule has 0 aliphatic carbocycles. The molecule has 2 rings (SSSR count). The van der Waals surface area contributed by atoms with Crippen LogP contribution in [0.4, 0.5) is 0 Å². The maximum absolute atomic E-state index is 12.1. The summed E-state index contributed by atoms with van der Waals surface area (Å²) >= 11 is 0. The van der Waals surface area contributed by atoms with Crippen molar-refractivity contribution in [1.29, 1.82) is 0 Å². The summed E-state index contributed by atoms with van der Waals surface area (Å²) in [5, 5.41) is 0. The quantitative estimate of drug-likeness (QED) is 0.757. The average molecular weight is 220 g/mol. The Morgan fingerprint density at radius 1 is 1.38 bits per heavy atom. The van der Waals surface area contributed by atoms with Gasteiger partial charge in [0, 0.05) is 32.8 Å². The minimum absolute atomic E-state index is 0.0108. The molecule has 2 heterocycles. The van der Waals surface area contributed by atoms with Gasteiger partial charge < -0.3 is 9.47 Å². The number of amides is 1. The van der Waals surface area contributed by atoms with Gasteiger partial charge in [-0.3, -0.25) is 9.59 Å². The van der Waals surface area contributed by atoms with Gasteiger partial charge >= 0.3 is 0 Å². The molecule has 0 fully saturated rings. The molecular formula is C12H16N2O2. The van der Waals surface area contributed by atoms with Crippen molar-refractivity contribution in [3.63, 3.8) is 0 Å². The monoisotopic (exact) mass is 220 g/mol. The molecule has 0 unspecified atom stereocenters. The molecule has 0 N–H and O–H groups in total. The van der Waals surface area contributed by atoms with Crippen LogP contribution in [0.3, 0.4) is 0 Å². The third kappa shape index (κ3) is 1.64. The van der Waals surface area contributed by atoms with Gasteiger partial charge in [-0.05, 0) is 12.5 Å². The predicted molar refractivity (Wildman–Crippen MR) is 60.6 cm³/mol. The van der Waals surface area contributed by atoms with E-state index in [9.17, 15) is 9.59 Å². The molecule has 0 saturated heterocycles. The molecule has 1 aliphatic rings. The Hall–Kier alpha value is -1.58. The van der Waals surface area contributed by atoms with E-state index in [0.717, 1.165) is 13.0 Å². The number of ketones is 1. The minimum atomic E-state index is -0.0108. The molecule has 4 heteroatoms. The van der Waals surface area contributed by atoms with Crippen molar-refractivity contribution in [1.82, 2.24) is 9.47 Å². The lowest BCUT2D eigenvalue weighted by molar-refractivity contribution is 0.0758. The van der Waals surface area contributed by atoms with Crippen LogP contribution in [0.5, 0.6) is 0 Å². The van der Waals surface area contributed by atoms with Crippen molar-refractivity contribution < 1.29 is 9.59 Å². The van der Waals surface area contributed by atoms with E-state index in [1.165, 1.54) is 0 Å². The molecule has 86 valence electrons. The second kappa shape index (κ2) is 4.12. The van der Waals surface area contributed by atoms with Gasteiger partial charge in [-0.2, -0.15) is 0 Å². The van der Waals surface area contributed by atoms with Crippen LogP contribution >= 0.6 is 0 Å². The highest BCUT2D eigenvalue weighted by atomic mass is 16.2. The summed E-state index contributed by atoms with van der Waals surface area (Å²) in [7, 11) is 1.81. The van der Waals surface area contributed by atoms with Gasteiger partial charge in [0.05, 0.1) is 11.3 Å². The molecule has 0 aromatic carbocycles. The topological polar surface area (TPSA) is 42.3 Å². The minimum Gasteiger partial charge on any atom is -0.348 e. The number of nitrogens with zero attached hydrogens (tertiary/aromatic N) is 2. The number of Topliss-reactive ketones (excluding diaryl/α,β-unsaturated/α-hetero) is 1. The standard InChI is InChI=1S/C12H16N2O2/c1-3-6-14-8-5-10(15)11-9(12(14)16)4-7-13(11)2/h4,7H,3,5-6,8H2,1-2H3. The summed E-state index contributed by atoms with van der Waals surface area (Å²) in [4.78, 5) is 25.8. The van der Waals surface area contributed by atoms with E-state index in [1.54, 1.807) is 28.8 Å². The van der Waals surface area contributed by atoms with Crippen molar-refractivity contribution in [2.45, 2.75) is 19.8 Å². The fourth-order valence-corrected chi connectivity index (χ4v) is 2.16. The lowest BCUT2D eigenvalue weighted by Gasteiger charge is -2.18. The molecule has 1 aromatic heterocycles. The van der Waals surface area contributed by atoms with E-state index in [4.69, 9.17) is 0 Å². The van der Waals surface area contributed by atoms with E-state index < -0.39 is 0 Å². The van der Waals surface area contributed by atoms with E-state index in [-0.39, 0.29) is 11.7 Å². The lowest BCUT2D eigenvalue weighted by Crippen LogP contribution is -2.31. The first-order chi connectivity index (χ1) is 7.65. The van der Waals surface area contributed by atoms with Gasteiger partial charge in [-0.1, -0.05) is 6.92 Å². The van der Waals surface area contributed by atoms with Crippen LogP contribution in [0.2, 0.25) is 0 Å². The van der Waals surface area contributed by atoms with Crippen molar-refractivity contribution in [3.05, 3.63) is 23.5 Å². The van der Waals surface area contributed by atoms with E-state index in [2.05, 4.69) is 0 Å². The molecule has 4 nitrogen and oxygen atoms in total. The maximum Gasteiger partial charge on any atom is 0.256 e. The number of fused-ring (bicyclic) bond motifs is 1. The van der Waals surface area contributed by atoms with Crippen LogP contribution in [0, 0.1) is 0 Å². The Bertz CT molecular complexity index is 434. The second-order valence-electron chi connectivity index (χ2n) is 4.15. The Balaban J connectivity index is 2.42. The molecular weight excluding hydrogens is 204 g/mol. The largest absolute Gasteiger partial charge is 0.348 e. The summed E-state index contributed by atoms with van der Waals surface area (Å²) in [5.74, 6) is 0.0535. The Morgan fingerprint density at radius 2 is 2.12 bits per heavy atom. The highest BCUT2D eigenvalue weighted by Gasteiger charge is 2.28. The average Bonchev–Trinajstić information content (AvgIpc) is 2.59. The zero-order valence-electron chi connectivity index (χ0n) is 9.69. The highest BCUT2D eigenvalue weighted by molar-refractivity contribution is 6.08. The van der Waals surface area contributed by atoms with Gasteiger partial charge in [0.2, 0.25) is 0 Å². The zero-order valence-corrected chi connectivity index (χ0v) is 9.69. The SMILES string of the molecule is CCCN1CCC(=O)c2c(ccn2C)C1=O. The Kier molecular flexibility index (Phi) is 2.81. The van der Waals surface area contributed by atoms with Crippen molar-refractivity contribution in [2.24, 2.45) is 7.05 Å². The van der Waals surface area contributed by atoms with Crippen LogP contribution < -0.4 is 0 Å². The third-order valence-electron chi connectivity index (χ3n) is 2.96. The van der Waals surface area contributed by atoms with E-state index in [0.29, 0.717) is 24.2 Å².